The number of rotatable bonds is 4. The first-order valence-electron chi connectivity index (χ1n) is 12.0. The van der Waals surface area contributed by atoms with E-state index in [1.54, 1.807) is 6.92 Å². The predicted molar refractivity (Wildman–Crippen MR) is 113 cm³/mol. The maximum Gasteiger partial charge on any atom is 0.407 e. The molecule has 6 heteroatoms. The van der Waals surface area contributed by atoms with Crippen molar-refractivity contribution in [2.24, 2.45) is 40.4 Å². The van der Waals surface area contributed by atoms with Gasteiger partial charge in [0.05, 0.1) is 18.6 Å². The molecule has 6 nitrogen and oxygen atoms in total. The Balaban J connectivity index is 1.43. The van der Waals surface area contributed by atoms with Crippen molar-refractivity contribution < 1.29 is 24.5 Å². The van der Waals surface area contributed by atoms with Gasteiger partial charge in [-0.25, -0.2) is 4.79 Å². The van der Waals surface area contributed by atoms with E-state index < -0.39 is 12.1 Å². The summed E-state index contributed by atoms with van der Waals surface area (Å²) in [5.41, 5.74) is 0.248. The number of carboxylic acid groups (broad SMARTS) is 1. The van der Waals surface area contributed by atoms with Crippen LogP contribution in [-0.4, -0.2) is 41.0 Å². The van der Waals surface area contributed by atoms with E-state index in [-0.39, 0.29) is 35.5 Å². The van der Waals surface area contributed by atoms with E-state index in [1.165, 1.54) is 6.42 Å². The van der Waals surface area contributed by atoms with Crippen molar-refractivity contribution in [1.29, 1.82) is 0 Å². The van der Waals surface area contributed by atoms with Gasteiger partial charge in [-0.2, -0.15) is 0 Å². The topological polar surface area (TPSA) is 95.9 Å². The van der Waals surface area contributed by atoms with Gasteiger partial charge in [-0.05, 0) is 99.2 Å². The van der Waals surface area contributed by atoms with Crippen molar-refractivity contribution in [3.63, 3.8) is 0 Å². The minimum absolute atomic E-state index is 0.0298. The second kappa shape index (κ2) is 7.99. The summed E-state index contributed by atoms with van der Waals surface area (Å²) in [6.07, 6.45) is 8.92. The minimum Gasteiger partial charge on any atom is -0.481 e. The summed E-state index contributed by atoms with van der Waals surface area (Å²) in [5, 5.41) is 21.6. The molecule has 0 aliphatic heterocycles. The van der Waals surface area contributed by atoms with Gasteiger partial charge in [-0.15, -0.1) is 0 Å². The van der Waals surface area contributed by atoms with Crippen molar-refractivity contribution in [1.82, 2.24) is 5.32 Å². The lowest BCUT2D eigenvalue weighted by atomic mass is 9.44. The molecule has 4 saturated carbocycles. The molecule has 30 heavy (non-hydrogen) atoms. The average Bonchev–Trinajstić information content (AvgIpc) is 3.05. The number of hydrogen-bond donors (Lipinski definition) is 3. The first kappa shape index (κ1) is 21.9. The zero-order chi connectivity index (χ0) is 21.7. The van der Waals surface area contributed by atoms with E-state index >= 15 is 0 Å². The van der Waals surface area contributed by atoms with E-state index in [2.05, 4.69) is 19.2 Å². The number of fused-ring (bicyclic) bond motifs is 5. The zero-order valence-corrected chi connectivity index (χ0v) is 18.7. The highest BCUT2D eigenvalue weighted by Crippen LogP contribution is 2.67. The number of carbonyl (C=O) groups is 2. The van der Waals surface area contributed by atoms with Gasteiger partial charge in [0, 0.05) is 0 Å². The van der Waals surface area contributed by atoms with Gasteiger partial charge in [0.1, 0.15) is 6.10 Å². The van der Waals surface area contributed by atoms with E-state index in [0.29, 0.717) is 23.7 Å². The molecule has 0 aromatic carbocycles. The standard InChI is InChI=1S/C24H39NO5/c1-14(13-26)25-22(29)30-16-8-10-23(2)15(12-16)4-5-17-18-6-7-20(21(27)28)24(18,3)11-9-19(17)23/h14-20,26H,4-13H2,1-3H3,(H,25,29)(H,27,28)/t14?,15?,16?,17-,18-,19-,20?,23-,24-/m0/s1. The summed E-state index contributed by atoms with van der Waals surface area (Å²) in [4.78, 5) is 24.0. The highest BCUT2D eigenvalue weighted by molar-refractivity contribution is 5.71. The van der Waals surface area contributed by atoms with Crippen molar-refractivity contribution in [3.8, 4) is 0 Å². The second-order valence-electron chi connectivity index (χ2n) is 11.2. The fourth-order valence-electron chi connectivity index (χ4n) is 8.16. The Hall–Kier alpha value is -1.30. The van der Waals surface area contributed by atoms with Crippen LogP contribution in [0.4, 0.5) is 4.79 Å². The molecule has 4 aliphatic carbocycles. The summed E-state index contributed by atoms with van der Waals surface area (Å²) >= 11 is 0. The number of aliphatic carboxylic acids is 1. The predicted octanol–water partition coefficient (Wildman–Crippen LogP) is 4.21. The molecule has 9 atom stereocenters. The number of carboxylic acids is 1. The van der Waals surface area contributed by atoms with Crippen LogP contribution in [0.2, 0.25) is 0 Å². The molecule has 0 spiro atoms. The van der Waals surface area contributed by atoms with Crippen LogP contribution in [0.25, 0.3) is 0 Å². The number of ether oxygens (including phenoxy) is 1. The van der Waals surface area contributed by atoms with Crippen LogP contribution in [-0.2, 0) is 9.53 Å². The molecule has 4 fully saturated rings. The van der Waals surface area contributed by atoms with Crippen LogP contribution in [0.1, 0.15) is 78.6 Å². The normalized spacial score (nSPS) is 46.1. The Bertz CT molecular complexity index is 683. The highest BCUT2D eigenvalue weighted by Gasteiger charge is 2.61. The number of aliphatic hydroxyl groups excluding tert-OH is 1. The lowest BCUT2D eigenvalue weighted by Gasteiger charge is -2.60. The first-order chi connectivity index (χ1) is 14.2. The average molecular weight is 422 g/mol. The Morgan fingerprint density at radius 2 is 1.73 bits per heavy atom. The molecule has 4 aliphatic rings. The summed E-state index contributed by atoms with van der Waals surface area (Å²) in [6.45, 7) is 6.39. The first-order valence-corrected chi connectivity index (χ1v) is 12.0. The molecule has 0 aromatic heterocycles. The van der Waals surface area contributed by atoms with Crippen molar-refractivity contribution >= 4 is 12.1 Å². The zero-order valence-electron chi connectivity index (χ0n) is 18.7. The molecule has 0 heterocycles. The molecular weight excluding hydrogens is 382 g/mol. The summed E-state index contributed by atoms with van der Waals surface area (Å²) < 4.78 is 5.69. The molecule has 0 saturated heterocycles. The summed E-state index contributed by atoms with van der Waals surface area (Å²) in [7, 11) is 0. The van der Waals surface area contributed by atoms with Crippen LogP contribution >= 0.6 is 0 Å². The molecule has 3 N–H and O–H groups in total. The SMILES string of the molecule is CC(CO)NC(=O)OC1CC[C@@]2(C)C(CC[C@@H]3[C@@H]2CC[C@]2(C)C(C(=O)O)CC[C@@H]32)C1. The van der Waals surface area contributed by atoms with Gasteiger partial charge in [-0.1, -0.05) is 13.8 Å². The Morgan fingerprint density at radius 1 is 1.03 bits per heavy atom. The van der Waals surface area contributed by atoms with Gasteiger partial charge >= 0.3 is 12.1 Å². The number of carbonyl (C=O) groups excluding carboxylic acids is 1. The lowest BCUT2D eigenvalue weighted by molar-refractivity contribution is -0.154. The van der Waals surface area contributed by atoms with E-state index in [1.807, 2.05) is 0 Å². The van der Waals surface area contributed by atoms with E-state index in [4.69, 9.17) is 9.84 Å². The van der Waals surface area contributed by atoms with Gasteiger partial charge in [0.25, 0.3) is 0 Å². The lowest BCUT2D eigenvalue weighted by Crippen LogP contribution is -2.54. The third kappa shape index (κ3) is 3.53. The molecule has 4 rings (SSSR count). The smallest absolute Gasteiger partial charge is 0.407 e. The van der Waals surface area contributed by atoms with Crippen LogP contribution in [0, 0.1) is 40.4 Å². The Labute approximate surface area is 180 Å². The van der Waals surface area contributed by atoms with Crippen molar-refractivity contribution in [3.05, 3.63) is 0 Å². The van der Waals surface area contributed by atoms with Crippen LogP contribution in [0.3, 0.4) is 0 Å². The molecular formula is C24H39NO5. The van der Waals surface area contributed by atoms with Crippen LogP contribution in [0.5, 0.6) is 0 Å². The fourth-order valence-corrected chi connectivity index (χ4v) is 8.16. The van der Waals surface area contributed by atoms with Crippen molar-refractivity contribution in [2.45, 2.75) is 90.7 Å². The largest absolute Gasteiger partial charge is 0.481 e. The third-order valence-corrected chi connectivity index (χ3v) is 9.83. The monoisotopic (exact) mass is 421 g/mol. The molecule has 170 valence electrons. The van der Waals surface area contributed by atoms with Crippen LogP contribution in [0.15, 0.2) is 0 Å². The number of alkyl carbamates (subject to hydrolysis) is 1. The highest BCUT2D eigenvalue weighted by atomic mass is 16.6. The molecule has 0 radical (unpaired) electrons. The summed E-state index contributed by atoms with van der Waals surface area (Å²) in [5.74, 6) is 1.69. The third-order valence-electron chi connectivity index (χ3n) is 9.83. The van der Waals surface area contributed by atoms with E-state index in [0.717, 1.165) is 51.4 Å². The molecule has 4 unspecified atom stereocenters. The maximum atomic E-state index is 12.1. The van der Waals surface area contributed by atoms with E-state index in [9.17, 15) is 14.7 Å². The number of hydrogen-bond acceptors (Lipinski definition) is 4. The number of amides is 1. The second-order valence-corrected chi connectivity index (χ2v) is 11.2. The number of aliphatic hydroxyl groups is 1. The number of nitrogens with one attached hydrogen (secondary N) is 1. The summed E-state index contributed by atoms with van der Waals surface area (Å²) in [6, 6.07) is -0.292. The van der Waals surface area contributed by atoms with Gasteiger partial charge in [0.2, 0.25) is 0 Å². The van der Waals surface area contributed by atoms with Gasteiger partial charge in [-0.3, -0.25) is 4.79 Å². The maximum absolute atomic E-state index is 12.1. The Kier molecular flexibility index (Phi) is 5.84. The molecule has 0 aromatic rings. The van der Waals surface area contributed by atoms with Gasteiger partial charge in [0.15, 0.2) is 0 Å². The van der Waals surface area contributed by atoms with Gasteiger partial charge < -0.3 is 20.3 Å². The minimum atomic E-state index is -0.593. The molecule has 1 amide bonds. The van der Waals surface area contributed by atoms with Crippen LogP contribution < -0.4 is 5.32 Å². The molecule has 0 bridgehead atoms. The fraction of sp³-hybridized carbons (Fsp3) is 0.917. The Morgan fingerprint density at radius 3 is 2.43 bits per heavy atom. The quantitative estimate of drug-likeness (QED) is 0.632. The van der Waals surface area contributed by atoms with Crippen molar-refractivity contribution in [2.75, 3.05) is 6.61 Å².